The Morgan fingerprint density at radius 1 is 1.50 bits per heavy atom. The number of carboxylic acid groups (broad SMARTS) is 1. The topological polar surface area (TPSA) is 57.5 Å². The van der Waals surface area contributed by atoms with Gasteiger partial charge in [-0.2, -0.15) is 0 Å². The molecule has 0 aliphatic heterocycles. The second-order valence-corrected chi connectivity index (χ2v) is 2.44. The van der Waals surface area contributed by atoms with Crippen molar-refractivity contribution in [3.05, 3.63) is 37.0 Å². The zero-order chi connectivity index (χ0) is 9.78. The second kappa shape index (κ2) is 3.88. The number of allylic oxidation sites excluding steroid dienone is 2. The summed E-state index contributed by atoms with van der Waals surface area (Å²) in [6.07, 6.45) is 4.09. The Bertz CT molecular complexity index is 236. The van der Waals surface area contributed by atoms with E-state index in [-0.39, 0.29) is 5.57 Å². The molecule has 0 heterocycles. The van der Waals surface area contributed by atoms with Gasteiger partial charge in [-0.05, 0) is 12.5 Å². The zero-order valence-electron chi connectivity index (χ0n) is 6.95. The van der Waals surface area contributed by atoms with E-state index in [1.807, 2.05) is 0 Å². The van der Waals surface area contributed by atoms with Gasteiger partial charge in [-0.15, -0.1) is 0 Å². The number of aliphatic hydroxyl groups is 1. The maximum atomic E-state index is 10.5. The van der Waals surface area contributed by atoms with Gasteiger partial charge in [0.2, 0.25) is 0 Å². The molecule has 1 unspecified atom stereocenters. The number of carboxylic acids is 1. The maximum absolute atomic E-state index is 10.5. The lowest BCUT2D eigenvalue weighted by Crippen LogP contribution is -2.36. The van der Waals surface area contributed by atoms with Crippen LogP contribution in [0.5, 0.6) is 0 Å². The Kier molecular flexibility index (Phi) is 3.44. The van der Waals surface area contributed by atoms with Gasteiger partial charge in [0, 0.05) is 0 Å². The number of hydrogen-bond donors (Lipinski definition) is 2. The average molecular weight is 168 g/mol. The lowest BCUT2D eigenvalue weighted by atomic mass is 9.96. The first-order valence-corrected chi connectivity index (χ1v) is 3.38. The fourth-order valence-electron chi connectivity index (χ4n) is 0.679. The van der Waals surface area contributed by atoms with Crippen LogP contribution in [0.2, 0.25) is 0 Å². The molecule has 0 saturated carbocycles. The van der Waals surface area contributed by atoms with Crippen molar-refractivity contribution in [1.29, 1.82) is 0 Å². The molecule has 3 heteroatoms. The molecule has 0 aromatic heterocycles. The summed E-state index contributed by atoms with van der Waals surface area (Å²) in [5, 5.41) is 18.0. The molecule has 0 spiro atoms. The van der Waals surface area contributed by atoms with Gasteiger partial charge < -0.3 is 10.2 Å². The van der Waals surface area contributed by atoms with Crippen LogP contribution in [-0.2, 0) is 4.79 Å². The molecule has 0 fully saturated rings. The molecule has 0 aliphatic rings. The Balaban J connectivity index is 4.96. The van der Waals surface area contributed by atoms with E-state index in [1.165, 1.54) is 25.2 Å². The summed E-state index contributed by atoms with van der Waals surface area (Å²) in [4.78, 5) is 10.5. The van der Waals surface area contributed by atoms with Crippen LogP contribution < -0.4 is 0 Å². The quantitative estimate of drug-likeness (QED) is 0.618. The van der Waals surface area contributed by atoms with Crippen LogP contribution in [0.1, 0.15) is 6.92 Å². The Labute approximate surface area is 71.3 Å². The molecule has 0 saturated heterocycles. The third kappa shape index (κ3) is 2.07. The first-order chi connectivity index (χ1) is 5.46. The highest BCUT2D eigenvalue weighted by Crippen LogP contribution is 2.17. The van der Waals surface area contributed by atoms with Crippen molar-refractivity contribution in [1.82, 2.24) is 0 Å². The van der Waals surface area contributed by atoms with Gasteiger partial charge in [0.25, 0.3) is 0 Å². The summed E-state index contributed by atoms with van der Waals surface area (Å²) < 4.78 is 0. The predicted octanol–water partition coefficient (Wildman–Crippen LogP) is 1.12. The van der Waals surface area contributed by atoms with Crippen molar-refractivity contribution in [3.8, 4) is 0 Å². The van der Waals surface area contributed by atoms with Crippen molar-refractivity contribution >= 4 is 5.97 Å². The SMILES string of the molecule is C=C/C=C(\C=C)C(C)(O)C(=O)O. The van der Waals surface area contributed by atoms with E-state index >= 15 is 0 Å². The fourth-order valence-corrected chi connectivity index (χ4v) is 0.679. The van der Waals surface area contributed by atoms with E-state index in [1.54, 1.807) is 0 Å². The molecule has 66 valence electrons. The molecule has 0 amide bonds. The Hall–Kier alpha value is -1.35. The number of rotatable bonds is 4. The molecule has 1 atom stereocenters. The van der Waals surface area contributed by atoms with Crippen LogP contribution >= 0.6 is 0 Å². The fraction of sp³-hybridized carbons (Fsp3) is 0.222. The van der Waals surface area contributed by atoms with Gasteiger partial charge in [-0.25, -0.2) is 4.79 Å². The smallest absolute Gasteiger partial charge is 0.340 e. The molecule has 0 aromatic carbocycles. The normalized spacial score (nSPS) is 16.3. The molecule has 0 aliphatic carbocycles. The van der Waals surface area contributed by atoms with E-state index in [4.69, 9.17) is 5.11 Å². The van der Waals surface area contributed by atoms with Gasteiger partial charge in [0.05, 0.1) is 0 Å². The minimum absolute atomic E-state index is 0.213. The first-order valence-electron chi connectivity index (χ1n) is 3.38. The van der Waals surface area contributed by atoms with Crippen molar-refractivity contribution in [2.45, 2.75) is 12.5 Å². The van der Waals surface area contributed by atoms with Crippen molar-refractivity contribution in [2.24, 2.45) is 0 Å². The van der Waals surface area contributed by atoms with Crippen molar-refractivity contribution in [2.75, 3.05) is 0 Å². The van der Waals surface area contributed by atoms with E-state index in [2.05, 4.69) is 13.2 Å². The molecule has 0 rings (SSSR count). The minimum atomic E-state index is -1.89. The van der Waals surface area contributed by atoms with Crippen LogP contribution in [0.15, 0.2) is 37.0 Å². The van der Waals surface area contributed by atoms with Gasteiger partial charge in [0.15, 0.2) is 5.60 Å². The molecule has 0 aromatic rings. The molecular weight excluding hydrogens is 156 g/mol. The first kappa shape index (κ1) is 10.7. The minimum Gasteiger partial charge on any atom is -0.479 e. The van der Waals surface area contributed by atoms with Crippen LogP contribution in [0.4, 0.5) is 0 Å². The Morgan fingerprint density at radius 2 is 2.00 bits per heavy atom. The van der Waals surface area contributed by atoms with Crippen molar-refractivity contribution < 1.29 is 15.0 Å². The third-order valence-corrected chi connectivity index (χ3v) is 1.50. The van der Waals surface area contributed by atoms with E-state index in [0.29, 0.717) is 0 Å². The van der Waals surface area contributed by atoms with Crippen LogP contribution in [0, 0.1) is 0 Å². The highest BCUT2D eigenvalue weighted by molar-refractivity contribution is 5.81. The summed E-state index contributed by atoms with van der Waals surface area (Å²) in [6.45, 7) is 7.97. The van der Waals surface area contributed by atoms with E-state index < -0.39 is 11.6 Å². The van der Waals surface area contributed by atoms with E-state index in [9.17, 15) is 9.90 Å². The van der Waals surface area contributed by atoms with Gasteiger partial charge in [-0.1, -0.05) is 31.4 Å². The van der Waals surface area contributed by atoms with E-state index in [0.717, 1.165) is 0 Å². The van der Waals surface area contributed by atoms with Gasteiger partial charge in [0.1, 0.15) is 0 Å². The summed E-state index contributed by atoms with van der Waals surface area (Å²) in [5.41, 5.74) is -1.68. The lowest BCUT2D eigenvalue weighted by molar-refractivity contribution is -0.152. The highest BCUT2D eigenvalue weighted by Gasteiger charge is 2.32. The molecule has 12 heavy (non-hydrogen) atoms. The highest BCUT2D eigenvalue weighted by atomic mass is 16.4. The second-order valence-electron chi connectivity index (χ2n) is 2.44. The standard InChI is InChI=1S/C9H12O3/c1-4-6-7(5-2)9(3,12)8(10)11/h4-6,12H,1-2H2,3H3,(H,10,11)/b7-6+. The maximum Gasteiger partial charge on any atom is 0.340 e. The number of carbonyl (C=O) groups is 1. The largest absolute Gasteiger partial charge is 0.479 e. The number of aliphatic carboxylic acids is 1. The summed E-state index contributed by atoms with van der Waals surface area (Å²) in [5.74, 6) is -1.31. The molecular formula is C9H12O3. The third-order valence-electron chi connectivity index (χ3n) is 1.50. The molecule has 0 bridgehead atoms. The summed E-state index contributed by atoms with van der Waals surface area (Å²) in [6, 6.07) is 0. The summed E-state index contributed by atoms with van der Waals surface area (Å²) in [7, 11) is 0. The molecule has 2 N–H and O–H groups in total. The molecule has 0 radical (unpaired) electrons. The van der Waals surface area contributed by atoms with Crippen LogP contribution in [0.25, 0.3) is 0 Å². The summed E-state index contributed by atoms with van der Waals surface area (Å²) >= 11 is 0. The Morgan fingerprint density at radius 3 is 2.25 bits per heavy atom. The van der Waals surface area contributed by atoms with Crippen LogP contribution in [-0.4, -0.2) is 21.8 Å². The lowest BCUT2D eigenvalue weighted by Gasteiger charge is -2.18. The zero-order valence-corrected chi connectivity index (χ0v) is 6.95. The van der Waals surface area contributed by atoms with Gasteiger partial charge in [-0.3, -0.25) is 0 Å². The monoisotopic (exact) mass is 168 g/mol. The van der Waals surface area contributed by atoms with Gasteiger partial charge >= 0.3 is 5.97 Å². The van der Waals surface area contributed by atoms with Crippen LogP contribution in [0.3, 0.4) is 0 Å². The van der Waals surface area contributed by atoms with Crippen molar-refractivity contribution in [3.63, 3.8) is 0 Å². The molecule has 3 nitrogen and oxygen atoms in total. The average Bonchev–Trinajstić information content (AvgIpc) is 1.99. The predicted molar refractivity (Wildman–Crippen MR) is 46.7 cm³/mol. The number of hydrogen-bond acceptors (Lipinski definition) is 2.